The first-order valence-corrected chi connectivity index (χ1v) is 5.91. The van der Waals surface area contributed by atoms with E-state index in [1.165, 1.54) is 0 Å². The van der Waals surface area contributed by atoms with Gasteiger partial charge in [0, 0.05) is 25.8 Å². The molecule has 1 aromatic rings. The fourth-order valence-electron chi connectivity index (χ4n) is 1.91. The van der Waals surface area contributed by atoms with Gasteiger partial charge in [-0.2, -0.15) is 0 Å². The first kappa shape index (κ1) is 11.9. The second-order valence-corrected chi connectivity index (χ2v) is 4.18. The van der Waals surface area contributed by atoms with Crippen LogP contribution in [0.3, 0.4) is 0 Å². The van der Waals surface area contributed by atoms with Gasteiger partial charge in [-0.15, -0.1) is 0 Å². The fourth-order valence-corrected chi connectivity index (χ4v) is 1.91. The zero-order chi connectivity index (χ0) is 12.1. The molecule has 0 aliphatic carbocycles. The second kappa shape index (κ2) is 5.63. The molecule has 0 bridgehead atoms. The zero-order valence-electron chi connectivity index (χ0n) is 10.1. The van der Waals surface area contributed by atoms with Crippen molar-refractivity contribution >= 4 is 11.7 Å². The number of carbonyl (C=O) groups is 1. The SMILES string of the molecule is CNCc1ccc(N2CCCNC(=O)C2)nc1. The average Bonchev–Trinajstić information content (AvgIpc) is 2.55. The summed E-state index contributed by atoms with van der Waals surface area (Å²) in [6.45, 7) is 2.84. The predicted molar refractivity (Wildman–Crippen MR) is 66.8 cm³/mol. The summed E-state index contributed by atoms with van der Waals surface area (Å²) >= 11 is 0. The van der Waals surface area contributed by atoms with Crippen molar-refractivity contribution in [3.05, 3.63) is 23.9 Å². The van der Waals surface area contributed by atoms with Gasteiger partial charge in [-0.25, -0.2) is 4.98 Å². The lowest BCUT2D eigenvalue weighted by Crippen LogP contribution is -2.33. The van der Waals surface area contributed by atoms with E-state index in [9.17, 15) is 4.79 Å². The van der Waals surface area contributed by atoms with Gasteiger partial charge >= 0.3 is 0 Å². The predicted octanol–water partition coefficient (Wildman–Crippen LogP) is 0.127. The van der Waals surface area contributed by atoms with Crippen molar-refractivity contribution in [2.24, 2.45) is 0 Å². The molecule has 92 valence electrons. The Morgan fingerprint density at radius 3 is 3.12 bits per heavy atom. The minimum atomic E-state index is 0.0728. The molecule has 1 saturated heterocycles. The smallest absolute Gasteiger partial charge is 0.239 e. The number of anilines is 1. The molecule has 2 rings (SSSR count). The Kier molecular flexibility index (Phi) is 3.93. The highest BCUT2D eigenvalue weighted by molar-refractivity contribution is 5.81. The Morgan fingerprint density at radius 2 is 2.41 bits per heavy atom. The summed E-state index contributed by atoms with van der Waals surface area (Å²) in [6.07, 6.45) is 2.82. The minimum Gasteiger partial charge on any atom is -0.354 e. The first-order valence-electron chi connectivity index (χ1n) is 5.91. The van der Waals surface area contributed by atoms with E-state index >= 15 is 0 Å². The van der Waals surface area contributed by atoms with Gasteiger partial charge in [0.15, 0.2) is 0 Å². The van der Waals surface area contributed by atoms with Gasteiger partial charge in [0.05, 0.1) is 6.54 Å². The fraction of sp³-hybridized carbons (Fsp3) is 0.500. The van der Waals surface area contributed by atoms with Crippen molar-refractivity contribution in [3.8, 4) is 0 Å². The van der Waals surface area contributed by atoms with Crippen LogP contribution < -0.4 is 15.5 Å². The average molecular weight is 234 g/mol. The molecule has 0 atom stereocenters. The van der Waals surface area contributed by atoms with Crippen molar-refractivity contribution in [1.29, 1.82) is 0 Å². The van der Waals surface area contributed by atoms with Gasteiger partial charge in [0.2, 0.25) is 5.91 Å². The topological polar surface area (TPSA) is 57.3 Å². The van der Waals surface area contributed by atoms with Crippen molar-refractivity contribution in [2.75, 3.05) is 31.6 Å². The van der Waals surface area contributed by atoms with Crippen molar-refractivity contribution < 1.29 is 4.79 Å². The van der Waals surface area contributed by atoms with Gasteiger partial charge in [-0.3, -0.25) is 4.79 Å². The molecule has 1 aromatic heterocycles. The molecule has 1 fully saturated rings. The Labute approximate surface area is 101 Å². The lowest BCUT2D eigenvalue weighted by atomic mass is 10.2. The van der Waals surface area contributed by atoms with Crippen molar-refractivity contribution in [1.82, 2.24) is 15.6 Å². The van der Waals surface area contributed by atoms with E-state index in [1.807, 2.05) is 30.3 Å². The van der Waals surface area contributed by atoms with Crippen LogP contribution in [0.1, 0.15) is 12.0 Å². The highest BCUT2D eigenvalue weighted by atomic mass is 16.2. The van der Waals surface area contributed by atoms with E-state index < -0.39 is 0 Å². The van der Waals surface area contributed by atoms with Gasteiger partial charge < -0.3 is 15.5 Å². The van der Waals surface area contributed by atoms with Gasteiger partial charge in [-0.1, -0.05) is 6.07 Å². The van der Waals surface area contributed by atoms with E-state index in [0.717, 1.165) is 37.4 Å². The molecular formula is C12H18N4O. The molecule has 2 heterocycles. The normalized spacial score (nSPS) is 16.5. The van der Waals surface area contributed by atoms with E-state index in [-0.39, 0.29) is 5.91 Å². The van der Waals surface area contributed by atoms with Crippen LogP contribution in [0, 0.1) is 0 Å². The van der Waals surface area contributed by atoms with E-state index in [0.29, 0.717) is 6.54 Å². The zero-order valence-corrected chi connectivity index (χ0v) is 10.1. The number of hydrogen-bond acceptors (Lipinski definition) is 4. The van der Waals surface area contributed by atoms with Crippen LogP contribution in [0.15, 0.2) is 18.3 Å². The number of nitrogens with one attached hydrogen (secondary N) is 2. The van der Waals surface area contributed by atoms with Crippen LogP contribution in [-0.4, -0.2) is 37.6 Å². The van der Waals surface area contributed by atoms with Gasteiger partial charge in [0.25, 0.3) is 0 Å². The lowest BCUT2D eigenvalue weighted by Gasteiger charge is -2.20. The van der Waals surface area contributed by atoms with E-state index in [1.54, 1.807) is 0 Å². The molecular weight excluding hydrogens is 216 g/mol. The molecule has 1 aliphatic rings. The Hall–Kier alpha value is -1.62. The number of amides is 1. The number of pyridine rings is 1. The van der Waals surface area contributed by atoms with Gasteiger partial charge in [0.1, 0.15) is 5.82 Å². The summed E-state index contributed by atoms with van der Waals surface area (Å²) in [5.74, 6) is 0.950. The van der Waals surface area contributed by atoms with Crippen LogP contribution in [0.2, 0.25) is 0 Å². The molecule has 1 aliphatic heterocycles. The highest BCUT2D eigenvalue weighted by Gasteiger charge is 2.15. The van der Waals surface area contributed by atoms with Crippen molar-refractivity contribution in [2.45, 2.75) is 13.0 Å². The Balaban J connectivity index is 2.07. The number of rotatable bonds is 3. The standard InChI is InChI=1S/C12H18N4O/c1-13-7-10-3-4-11(15-8-10)16-6-2-5-14-12(17)9-16/h3-4,8,13H,2,5-7,9H2,1H3,(H,14,17). The van der Waals surface area contributed by atoms with Crippen molar-refractivity contribution in [3.63, 3.8) is 0 Å². The summed E-state index contributed by atoms with van der Waals surface area (Å²) in [5.41, 5.74) is 1.15. The Morgan fingerprint density at radius 1 is 1.53 bits per heavy atom. The van der Waals surface area contributed by atoms with Crippen LogP contribution in [0.25, 0.3) is 0 Å². The Bertz CT molecular complexity index is 377. The maximum Gasteiger partial charge on any atom is 0.239 e. The molecule has 2 N–H and O–H groups in total. The van der Waals surface area contributed by atoms with E-state index in [2.05, 4.69) is 15.6 Å². The molecule has 5 heteroatoms. The van der Waals surface area contributed by atoms with Gasteiger partial charge in [-0.05, 0) is 25.1 Å². The third-order valence-corrected chi connectivity index (χ3v) is 2.78. The lowest BCUT2D eigenvalue weighted by molar-refractivity contribution is -0.119. The quantitative estimate of drug-likeness (QED) is 0.780. The summed E-state index contributed by atoms with van der Waals surface area (Å²) < 4.78 is 0. The maximum absolute atomic E-state index is 11.4. The third-order valence-electron chi connectivity index (χ3n) is 2.78. The summed E-state index contributed by atoms with van der Waals surface area (Å²) in [5, 5.41) is 5.94. The molecule has 0 spiro atoms. The van der Waals surface area contributed by atoms with E-state index in [4.69, 9.17) is 0 Å². The number of carbonyl (C=O) groups excluding carboxylic acids is 1. The molecule has 1 amide bonds. The summed E-state index contributed by atoms with van der Waals surface area (Å²) in [6, 6.07) is 4.02. The van der Waals surface area contributed by atoms with Crippen LogP contribution in [0.5, 0.6) is 0 Å². The third kappa shape index (κ3) is 3.17. The highest BCUT2D eigenvalue weighted by Crippen LogP contribution is 2.12. The number of nitrogens with zero attached hydrogens (tertiary/aromatic N) is 2. The number of aromatic nitrogens is 1. The molecule has 5 nitrogen and oxygen atoms in total. The minimum absolute atomic E-state index is 0.0728. The van der Waals surface area contributed by atoms with Crippen LogP contribution in [-0.2, 0) is 11.3 Å². The summed E-state index contributed by atoms with van der Waals surface area (Å²) in [4.78, 5) is 17.9. The molecule has 0 unspecified atom stereocenters. The molecule has 0 saturated carbocycles. The first-order chi connectivity index (χ1) is 8.29. The summed E-state index contributed by atoms with van der Waals surface area (Å²) in [7, 11) is 1.91. The molecule has 17 heavy (non-hydrogen) atoms. The molecule has 0 radical (unpaired) electrons. The van der Waals surface area contributed by atoms with Crippen LogP contribution in [0.4, 0.5) is 5.82 Å². The van der Waals surface area contributed by atoms with Crippen LogP contribution >= 0.6 is 0 Å². The maximum atomic E-state index is 11.4. The second-order valence-electron chi connectivity index (χ2n) is 4.18. The molecule has 0 aromatic carbocycles. The largest absolute Gasteiger partial charge is 0.354 e. The number of hydrogen-bond donors (Lipinski definition) is 2. The monoisotopic (exact) mass is 234 g/mol.